The van der Waals surface area contributed by atoms with Gasteiger partial charge in [-0.1, -0.05) is 41.5 Å². The van der Waals surface area contributed by atoms with Crippen molar-refractivity contribution in [1.29, 1.82) is 0 Å². The Hall–Kier alpha value is 0.820. The molecule has 1 aromatic rings. The average molecular weight is 489 g/mol. The third kappa shape index (κ3) is 3.99. The van der Waals surface area contributed by atoms with Gasteiger partial charge in [0.1, 0.15) is 0 Å². The molecular formula is C15H22BrNS6. The summed E-state index contributed by atoms with van der Waals surface area (Å²) in [6.45, 7) is 14.0. The molecule has 0 heterocycles. The fraction of sp³-hybridized carbons (Fsp3) is 0.600. The quantitative estimate of drug-likeness (QED) is 0.540. The summed E-state index contributed by atoms with van der Waals surface area (Å²) in [7, 11) is 5.63. The van der Waals surface area contributed by atoms with E-state index in [1.165, 1.54) is 46.6 Å². The van der Waals surface area contributed by atoms with E-state index in [-0.39, 0.29) is 16.2 Å². The number of rotatable bonds is 0. The zero-order valence-corrected chi connectivity index (χ0v) is 20.5. The molecule has 2 rings (SSSR count). The van der Waals surface area contributed by atoms with Gasteiger partial charge < -0.3 is 5.73 Å². The normalized spacial score (nSPS) is 18.9. The van der Waals surface area contributed by atoms with Gasteiger partial charge in [0.15, 0.2) is 0 Å². The maximum absolute atomic E-state index is 6.04. The summed E-state index contributed by atoms with van der Waals surface area (Å²) in [4.78, 5) is 0. The Morgan fingerprint density at radius 2 is 1.26 bits per heavy atom. The van der Waals surface area contributed by atoms with E-state index in [2.05, 4.69) is 92.0 Å². The number of anilines is 1. The Morgan fingerprint density at radius 1 is 0.870 bits per heavy atom. The lowest BCUT2D eigenvalue weighted by Crippen LogP contribution is -2.42. The number of benzene rings is 1. The Bertz CT molecular complexity index is 712. The van der Waals surface area contributed by atoms with E-state index in [1.54, 1.807) is 0 Å². The van der Waals surface area contributed by atoms with Gasteiger partial charge in [-0.15, -0.1) is 0 Å². The molecule has 0 saturated carbocycles. The van der Waals surface area contributed by atoms with Crippen LogP contribution < -0.4 is 5.73 Å². The molecule has 1 nitrogen and oxygen atoms in total. The van der Waals surface area contributed by atoms with Crippen LogP contribution in [0.1, 0.15) is 52.7 Å². The first kappa shape index (κ1) is 21.9. The molecule has 1 aliphatic carbocycles. The topological polar surface area (TPSA) is 26.0 Å². The molecule has 130 valence electrons. The van der Waals surface area contributed by atoms with Crippen molar-refractivity contribution in [1.82, 2.24) is 0 Å². The van der Waals surface area contributed by atoms with Gasteiger partial charge in [-0.3, -0.25) is 0 Å². The van der Waals surface area contributed by atoms with E-state index in [0.29, 0.717) is 0 Å². The lowest BCUT2D eigenvalue weighted by Gasteiger charge is -2.44. The highest BCUT2D eigenvalue weighted by atomic mass is 79.9. The first-order chi connectivity index (χ1) is 10.4. The maximum Gasteiger partial charge on any atom is 0.0461 e. The van der Waals surface area contributed by atoms with Crippen LogP contribution in [0.3, 0.4) is 0 Å². The van der Waals surface area contributed by atoms with E-state index >= 15 is 0 Å². The van der Waals surface area contributed by atoms with Gasteiger partial charge >= 0.3 is 0 Å². The van der Waals surface area contributed by atoms with Crippen LogP contribution in [0.15, 0.2) is 16.6 Å². The van der Waals surface area contributed by atoms with E-state index in [4.69, 9.17) is 5.73 Å². The molecule has 0 atom stereocenters. The van der Waals surface area contributed by atoms with Crippen LogP contribution in [-0.2, 0) is 68.7 Å². The van der Waals surface area contributed by atoms with Crippen LogP contribution in [0.5, 0.6) is 0 Å². The van der Waals surface area contributed by atoms with E-state index in [0.717, 1.165) is 10.2 Å². The second-order valence-electron chi connectivity index (χ2n) is 7.07. The number of fused-ring (bicyclic) bond motifs is 1. The fourth-order valence-electron chi connectivity index (χ4n) is 3.10. The monoisotopic (exact) mass is 487 g/mol. The molecular weight excluding hydrogens is 466 g/mol. The molecule has 0 unspecified atom stereocenters. The van der Waals surface area contributed by atoms with Gasteiger partial charge in [0, 0.05) is 68.1 Å². The number of nitrogen functional groups attached to an aromatic ring is 1. The summed E-state index contributed by atoms with van der Waals surface area (Å²) < 4.78 is 1.01. The number of hydrogen-bond acceptors (Lipinski definition) is 3. The summed E-state index contributed by atoms with van der Waals surface area (Å²) >= 11 is 12.6. The van der Waals surface area contributed by atoms with Gasteiger partial charge in [-0.2, -0.15) is 0 Å². The van der Waals surface area contributed by atoms with Crippen LogP contribution in [-0.4, -0.2) is 0 Å². The first-order valence-corrected chi connectivity index (χ1v) is 14.4. The Labute approximate surface area is 169 Å². The Morgan fingerprint density at radius 3 is 1.65 bits per heavy atom. The molecule has 1 aromatic carbocycles. The van der Waals surface area contributed by atoms with E-state index in [1.807, 2.05) is 0 Å². The zero-order chi connectivity index (χ0) is 18.1. The van der Waals surface area contributed by atoms with Crippen LogP contribution >= 0.6 is 15.9 Å². The minimum absolute atomic E-state index is 0.140. The first-order valence-electron chi connectivity index (χ1n) is 6.97. The van der Waals surface area contributed by atoms with Gasteiger partial charge in [-0.05, 0) is 55.4 Å². The van der Waals surface area contributed by atoms with Crippen molar-refractivity contribution in [2.75, 3.05) is 5.73 Å². The average Bonchev–Trinajstić information content (AvgIpc) is 2.55. The molecule has 8 heteroatoms. The predicted octanol–water partition coefficient (Wildman–Crippen LogP) is 4.61. The molecule has 0 fully saturated rings. The van der Waals surface area contributed by atoms with Crippen molar-refractivity contribution in [2.24, 2.45) is 5.41 Å². The summed E-state index contributed by atoms with van der Waals surface area (Å²) in [5.41, 5.74) is 10.2. The molecule has 0 amide bonds. The van der Waals surface area contributed by atoms with Crippen molar-refractivity contribution >= 4 is 79.5 Å². The standard InChI is InChI=1S/C15H22BrN.S6/c1-13(2)9-7-11(16)12(17)8-10(9)14(3,4)15(13,5)6;1-3-5-6-4-2/h7-8H,17H2,1-6H3;. The van der Waals surface area contributed by atoms with Crippen LogP contribution in [0.25, 0.3) is 0 Å². The summed E-state index contributed by atoms with van der Waals surface area (Å²) in [5.74, 6) is 0. The van der Waals surface area contributed by atoms with Crippen molar-refractivity contribution in [3.05, 3.63) is 27.7 Å². The van der Waals surface area contributed by atoms with Gasteiger partial charge in [0.25, 0.3) is 0 Å². The highest BCUT2D eigenvalue weighted by Crippen LogP contribution is 2.62. The minimum atomic E-state index is 0.140. The third-order valence-corrected chi connectivity index (χ3v) is 13.0. The largest absolute Gasteiger partial charge is 0.398 e. The van der Waals surface area contributed by atoms with Crippen LogP contribution in [0.4, 0.5) is 5.69 Å². The molecule has 0 aliphatic heterocycles. The highest BCUT2D eigenvalue weighted by molar-refractivity contribution is 9.10. The smallest absolute Gasteiger partial charge is 0.0461 e. The zero-order valence-electron chi connectivity index (χ0n) is 14.1. The lowest BCUT2D eigenvalue weighted by atomic mass is 9.59. The van der Waals surface area contributed by atoms with Crippen molar-refractivity contribution in [3.8, 4) is 0 Å². The third-order valence-electron chi connectivity index (χ3n) is 5.69. The lowest BCUT2D eigenvalue weighted by molar-refractivity contribution is 0.125. The summed E-state index contributed by atoms with van der Waals surface area (Å²) in [6, 6.07) is 4.36. The molecule has 0 saturated heterocycles. The Kier molecular flexibility index (Phi) is 7.62. The van der Waals surface area contributed by atoms with Gasteiger partial charge in [-0.25, -0.2) is 0 Å². The second kappa shape index (κ2) is 8.01. The fourth-order valence-corrected chi connectivity index (χ4v) is 8.93. The number of hydrogen-bond donors (Lipinski definition) is 1. The molecule has 0 radical (unpaired) electrons. The van der Waals surface area contributed by atoms with E-state index < -0.39 is 0 Å². The molecule has 1 aliphatic rings. The minimum Gasteiger partial charge on any atom is -0.398 e. The molecule has 0 spiro atoms. The predicted molar refractivity (Wildman–Crippen MR) is 123 cm³/mol. The number of halogens is 1. The summed E-state index contributed by atoms with van der Waals surface area (Å²) in [6.07, 6.45) is 0. The van der Waals surface area contributed by atoms with Gasteiger partial charge in [0.05, 0.1) is 0 Å². The van der Waals surface area contributed by atoms with Crippen LogP contribution in [0, 0.1) is 5.41 Å². The Balaban J connectivity index is 0.000000379. The van der Waals surface area contributed by atoms with Gasteiger partial charge in [0.2, 0.25) is 0 Å². The summed E-state index contributed by atoms with van der Waals surface area (Å²) in [5, 5.41) is 0. The molecule has 23 heavy (non-hydrogen) atoms. The highest BCUT2D eigenvalue weighted by Gasteiger charge is 2.56. The SMILES string of the molecule is CC1(C)c2cc(N)c(Br)cc2C(C)(C)C1(C)C.S=S=S=S=S=S. The molecule has 2 N–H and O–H groups in total. The maximum atomic E-state index is 6.04. The van der Waals surface area contributed by atoms with Crippen molar-refractivity contribution in [2.45, 2.75) is 52.4 Å². The molecule has 0 aromatic heterocycles. The molecule has 0 bridgehead atoms. The van der Waals surface area contributed by atoms with Crippen molar-refractivity contribution in [3.63, 3.8) is 0 Å². The van der Waals surface area contributed by atoms with Crippen molar-refractivity contribution < 1.29 is 0 Å². The second-order valence-corrected chi connectivity index (χ2v) is 15.0. The number of nitrogens with two attached hydrogens (primary N) is 1. The van der Waals surface area contributed by atoms with Crippen LogP contribution in [0.2, 0.25) is 0 Å². The van der Waals surface area contributed by atoms with E-state index in [9.17, 15) is 0 Å².